The first-order valence-corrected chi connectivity index (χ1v) is 8.97. The van der Waals surface area contributed by atoms with E-state index in [9.17, 15) is 4.79 Å². The SMILES string of the molecule is CCCc1cc(N2CCC(NC(=O)O)C2)nc(Nc2cccc(C#N)c2)n1. The zero-order chi connectivity index (χ0) is 19.2. The van der Waals surface area contributed by atoms with Gasteiger partial charge in [-0.2, -0.15) is 10.2 Å². The summed E-state index contributed by atoms with van der Waals surface area (Å²) in [6.45, 7) is 3.41. The third kappa shape index (κ3) is 4.85. The van der Waals surface area contributed by atoms with Crippen LogP contribution >= 0.6 is 0 Å². The minimum atomic E-state index is -1.00. The van der Waals surface area contributed by atoms with Crippen LogP contribution in [0.4, 0.5) is 22.2 Å². The van der Waals surface area contributed by atoms with Crippen LogP contribution in [-0.2, 0) is 6.42 Å². The van der Waals surface area contributed by atoms with E-state index in [1.807, 2.05) is 12.1 Å². The third-order valence-electron chi connectivity index (χ3n) is 4.36. The lowest BCUT2D eigenvalue weighted by molar-refractivity contribution is 0.191. The summed E-state index contributed by atoms with van der Waals surface area (Å²) in [5.74, 6) is 1.25. The van der Waals surface area contributed by atoms with Gasteiger partial charge in [-0.1, -0.05) is 19.4 Å². The lowest BCUT2D eigenvalue weighted by Gasteiger charge is -2.19. The van der Waals surface area contributed by atoms with Crippen molar-refractivity contribution in [3.63, 3.8) is 0 Å². The van der Waals surface area contributed by atoms with Crippen molar-refractivity contribution < 1.29 is 9.90 Å². The first-order chi connectivity index (χ1) is 13.1. The highest BCUT2D eigenvalue weighted by molar-refractivity contribution is 5.65. The highest BCUT2D eigenvalue weighted by atomic mass is 16.4. The number of nitrogens with zero attached hydrogens (tertiary/aromatic N) is 4. The van der Waals surface area contributed by atoms with Crippen molar-refractivity contribution >= 4 is 23.5 Å². The van der Waals surface area contributed by atoms with E-state index in [-0.39, 0.29) is 6.04 Å². The van der Waals surface area contributed by atoms with Crippen molar-refractivity contribution in [2.45, 2.75) is 32.2 Å². The number of nitrogens with one attached hydrogen (secondary N) is 2. The van der Waals surface area contributed by atoms with Gasteiger partial charge >= 0.3 is 6.09 Å². The molecule has 3 N–H and O–H groups in total. The van der Waals surface area contributed by atoms with E-state index in [0.717, 1.165) is 43.0 Å². The minimum Gasteiger partial charge on any atom is -0.465 e. The van der Waals surface area contributed by atoms with Gasteiger partial charge in [0.2, 0.25) is 5.95 Å². The number of rotatable bonds is 6. The lowest BCUT2D eigenvalue weighted by atomic mass is 10.2. The van der Waals surface area contributed by atoms with E-state index in [1.54, 1.807) is 18.2 Å². The van der Waals surface area contributed by atoms with E-state index < -0.39 is 6.09 Å². The van der Waals surface area contributed by atoms with E-state index >= 15 is 0 Å². The molecule has 3 rings (SSSR count). The molecule has 1 saturated heterocycles. The quantitative estimate of drug-likeness (QED) is 0.720. The lowest BCUT2D eigenvalue weighted by Crippen LogP contribution is -2.36. The molecule has 2 aromatic rings. The summed E-state index contributed by atoms with van der Waals surface area (Å²) in [4.78, 5) is 22.1. The largest absolute Gasteiger partial charge is 0.465 e. The van der Waals surface area contributed by atoms with Crippen LogP contribution in [0.1, 0.15) is 31.0 Å². The molecule has 8 nitrogen and oxygen atoms in total. The number of carbonyl (C=O) groups is 1. The number of hydrogen-bond donors (Lipinski definition) is 3. The number of carboxylic acid groups (broad SMARTS) is 1. The van der Waals surface area contributed by atoms with E-state index in [4.69, 9.17) is 10.4 Å². The van der Waals surface area contributed by atoms with Crippen molar-refractivity contribution in [3.8, 4) is 6.07 Å². The van der Waals surface area contributed by atoms with Crippen LogP contribution in [0.2, 0.25) is 0 Å². The number of aromatic nitrogens is 2. The second-order valence-corrected chi connectivity index (χ2v) is 6.49. The number of hydrogen-bond acceptors (Lipinski definition) is 6. The van der Waals surface area contributed by atoms with Crippen LogP contribution in [0, 0.1) is 11.3 Å². The van der Waals surface area contributed by atoms with Crippen molar-refractivity contribution in [1.29, 1.82) is 5.26 Å². The fourth-order valence-corrected chi connectivity index (χ4v) is 3.14. The summed E-state index contributed by atoms with van der Waals surface area (Å²) in [6, 6.07) is 11.1. The van der Waals surface area contributed by atoms with Gasteiger partial charge in [-0.15, -0.1) is 0 Å². The summed E-state index contributed by atoms with van der Waals surface area (Å²) in [5.41, 5.74) is 2.24. The second-order valence-electron chi connectivity index (χ2n) is 6.49. The molecule has 1 aliphatic rings. The Kier molecular flexibility index (Phi) is 5.71. The van der Waals surface area contributed by atoms with Crippen LogP contribution in [0.25, 0.3) is 0 Å². The number of aryl methyl sites for hydroxylation is 1. The maximum atomic E-state index is 10.9. The highest BCUT2D eigenvalue weighted by Gasteiger charge is 2.25. The minimum absolute atomic E-state index is 0.101. The fraction of sp³-hybridized carbons (Fsp3) is 0.368. The Morgan fingerprint density at radius 1 is 1.41 bits per heavy atom. The molecule has 0 bridgehead atoms. The van der Waals surface area contributed by atoms with E-state index in [0.29, 0.717) is 18.1 Å². The molecule has 0 aliphatic carbocycles. The molecule has 1 unspecified atom stereocenters. The number of anilines is 3. The van der Waals surface area contributed by atoms with Gasteiger partial charge in [0.05, 0.1) is 17.7 Å². The van der Waals surface area contributed by atoms with Crippen LogP contribution in [-0.4, -0.2) is 40.3 Å². The van der Waals surface area contributed by atoms with Gasteiger partial charge in [-0.3, -0.25) is 0 Å². The van der Waals surface area contributed by atoms with Crippen molar-refractivity contribution in [3.05, 3.63) is 41.6 Å². The fourth-order valence-electron chi connectivity index (χ4n) is 3.14. The van der Waals surface area contributed by atoms with Gasteiger partial charge in [0.1, 0.15) is 5.82 Å². The molecule has 8 heteroatoms. The Morgan fingerprint density at radius 2 is 2.26 bits per heavy atom. The summed E-state index contributed by atoms with van der Waals surface area (Å²) in [7, 11) is 0. The molecule has 2 heterocycles. The maximum Gasteiger partial charge on any atom is 0.404 e. The summed E-state index contributed by atoms with van der Waals surface area (Å²) in [6.07, 6.45) is 1.53. The van der Waals surface area contributed by atoms with Crippen LogP contribution in [0.3, 0.4) is 0 Å². The second kappa shape index (κ2) is 8.36. The Morgan fingerprint density at radius 3 is 3.00 bits per heavy atom. The molecule has 1 aliphatic heterocycles. The zero-order valence-electron chi connectivity index (χ0n) is 15.1. The average Bonchev–Trinajstić information content (AvgIpc) is 3.10. The molecule has 27 heavy (non-hydrogen) atoms. The third-order valence-corrected chi connectivity index (χ3v) is 4.36. The first kappa shape index (κ1) is 18.5. The monoisotopic (exact) mass is 366 g/mol. The van der Waals surface area contributed by atoms with Gasteiger partial charge in [0.15, 0.2) is 0 Å². The first-order valence-electron chi connectivity index (χ1n) is 8.97. The molecule has 140 valence electrons. The predicted octanol–water partition coefficient (Wildman–Crippen LogP) is 2.89. The Balaban J connectivity index is 1.82. The van der Waals surface area contributed by atoms with Gasteiger partial charge < -0.3 is 20.6 Å². The molecule has 1 atom stereocenters. The molecule has 1 aromatic carbocycles. The molecule has 1 aromatic heterocycles. The molecular weight excluding hydrogens is 344 g/mol. The number of nitriles is 1. The van der Waals surface area contributed by atoms with Gasteiger partial charge in [-0.05, 0) is 31.0 Å². The van der Waals surface area contributed by atoms with Gasteiger partial charge in [0, 0.05) is 30.5 Å². The van der Waals surface area contributed by atoms with Gasteiger partial charge in [0.25, 0.3) is 0 Å². The van der Waals surface area contributed by atoms with Gasteiger partial charge in [-0.25, -0.2) is 9.78 Å². The summed E-state index contributed by atoms with van der Waals surface area (Å²) < 4.78 is 0. The van der Waals surface area contributed by atoms with Crippen molar-refractivity contribution in [2.75, 3.05) is 23.3 Å². The standard InChI is InChI=1S/C19H22N6O2/c1-2-4-14-10-17(25-8-7-16(12-25)23-19(26)27)24-18(21-14)22-15-6-3-5-13(9-15)11-20/h3,5-6,9-10,16,23H,2,4,7-8,12H2,1H3,(H,26,27)(H,21,22,24). The molecular formula is C19H22N6O2. The molecule has 0 saturated carbocycles. The molecule has 1 amide bonds. The summed E-state index contributed by atoms with van der Waals surface area (Å²) in [5, 5.41) is 23.7. The highest BCUT2D eigenvalue weighted by Crippen LogP contribution is 2.23. The number of amides is 1. The number of benzene rings is 1. The van der Waals surface area contributed by atoms with Crippen LogP contribution in [0.5, 0.6) is 0 Å². The smallest absolute Gasteiger partial charge is 0.404 e. The normalized spacial score (nSPS) is 16.0. The van der Waals surface area contributed by atoms with E-state index in [2.05, 4.69) is 38.5 Å². The van der Waals surface area contributed by atoms with Crippen LogP contribution in [0.15, 0.2) is 30.3 Å². The van der Waals surface area contributed by atoms with E-state index in [1.165, 1.54) is 0 Å². The maximum absolute atomic E-state index is 10.9. The predicted molar refractivity (Wildman–Crippen MR) is 102 cm³/mol. The molecule has 0 radical (unpaired) electrons. The molecule has 0 spiro atoms. The average molecular weight is 366 g/mol. The molecule has 1 fully saturated rings. The van der Waals surface area contributed by atoms with Crippen molar-refractivity contribution in [1.82, 2.24) is 15.3 Å². The Hall–Kier alpha value is -3.34. The zero-order valence-corrected chi connectivity index (χ0v) is 15.1. The Labute approximate surface area is 157 Å². The topological polar surface area (TPSA) is 114 Å². The summed E-state index contributed by atoms with van der Waals surface area (Å²) >= 11 is 0. The Bertz CT molecular complexity index is 864. The van der Waals surface area contributed by atoms with Crippen molar-refractivity contribution in [2.24, 2.45) is 0 Å². The van der Waals surface area contributed by atoms with Crippen LogP contribution < -0.4 is 15.5 Å².